The van der Waals surface area contributed by atoms with Gasteiger partial charge in [0.25, 0.3) is 11.5 Å². The zero-order chi connectivity index (χ0) is 22.1. The van der Waals surface area contributed by atoms with Crippen LogP contribution in [0, 0.1) is 5.92 Å². The molecule has 0 aliphatic heterocycles. The summed E-state index contributed by atoms with van der Waals surface area (Å²) in [6.45, 7) is 3.67. The number of benzene rings is 1. The van der Waals surface area contributed by atoms with Crippen molar-refractivity contribution in [3.63, 3.8) is 0 Å². The number of amides is 1. The van der Waals surface area contributed by atoms with Gasteiger partial charge >= 0.3 is 6.18 Å². The van der Waals surface area contributed by atoms with E-state index in [2.05, 4.69) is 17.3 Å². The Labute approximate surface area is 171 Å². The van der Waals surface area contributed by atoms with E-state index >= 15 is 0 Å². The molecule has 0 saturated carbocycles. The third-order valence-corrected chi connectivity index (χ3v) is 5.11. The fraction of sp³-hybridized carbons (Fsp3) is 0.381. The molecule has 30 heavy (non-hydrogen) atoms. The van der Waals surface area contributed by atoms with Crippen molar-refractivity contribution in [1.82, 2.24) is 15.1 Å². The number of alkyl halides is 3. The van der Waals surface area contributed by atoms with Crippen molar-refractivity contribution < 1.29 is 18.0 Å². The molecule has 0 radical (unpaired) electrons. The number of anilines is 1. The smallest absolute Gasteiger partial charge is 0.399 e. The average Bonchev–Trinajstić information content (AvgIpc) is 2.68. The molecule has 0 bridgehead atoms. The van der Waals surface area contributed by atoms with Gasteiger partial charge in [0.05, 0.1) is 11.6 Å². The molecular formula is C21H23F3N4O2. The Balaban J connectivity index is 1.82. The van der Waals surface area contributed by atoms with Crippen molar-refractivity contribution in [3.05, 3.63) is 63.6 Å². The molecule has 1 aromatic heterocycles. The van der Waals surface area contributed by atoms with E-state index in [0.717, 1.165) is 30.7 Å². The number of carbonyl (C=O) groups excluding carboxylic acids is 1. The quantitative estimate of drug-likeness (QED) is 0.732. The number of carbonyl (C=O) groups is 1. The maximum atomic E-state index is 13.0. The molecule has 1 amide bonds. The molecule has 0 spiro atoms. The number of hydrogen-bond acceptors (Lipinski definition) is 4. The fourth-order valence-corrected chi connectivity index (χ4v) is 3.33. The number of nitrogens with zero attached hydrogens (tertiary/aromatic N) is 2. The lowest BCUT2D eigenvalue weighted by Gasteiger charge is -2.19. The van der Waals surface area contributed by atoms with E-state index in [4.69, 9.17) is 5.73 Å². The Kier molecular flexibility index (Phi) is 6.00. The molecule has 160 valence electrons. The molecule has 3 N–H and O–H groups in total. The second-order valence-corrected chi connectivity index (χ2v) is 7.62. The van der Waals surface area contributed by atoms with Crippen LogP contribution in [-0.4, -0.2) is 15.7 Å². The van der Waals surface area contributed by atoms with Crippen molar-refractivity contribution in [1.29, 1.82) is 0 Å². The van der Waals surface area contributed by atoms with Gasteiger partial charge in [-0.1, -0.05) is 13.0 Å². The second-order valence-electron chi connectivity index (χ2n) is 7.62. The molecule has 1 aliphatic rings. The van der Waals surface area contributed by atoms with Gasteiger partial charge < -0.3 is 11.1 Å². The molecule has 1 unspecified atom stereocenters. The number of aromatic nitrogens is 2. The maximum absolute atomic E-state index is 13.0. The Morgan fingerprint density at radius 2 is 2.03 bits per heavy atom. The van der Waals surface area contributed by atoms with Crippen molar-refractivity contribution in [2.75, 3.05) is 5.73 Å². The molecule has 3 rings (SSSR count). The number of halogens is 3. The van der Waals surface area contributed by atoms with Crippen LogP contribution in [0.2, 0.25) is 0 Å². The van der Waals surface area contributed by atoms with E-state index in [9.17, 15) is 22.8 Å². The summed E-state index contributed by atoms with van der Waals surface area (Å²) >= 11 is 0. The molecular weight excluding hydrogens is 397 g/mol. The maximum Gasteiger partial charge on any atom is 0.416 e. The van der Waals surface area contributed by atoms with Crippen LogP contribution in [0.5, 0.6) is 0 Å². The van der Waals surface area contributed by atoms with E-state index in [1.807, 2.05) is 6.08 Å². The van der Waals surface area contributed by atoms with Crippen LogP contribution in [0.15, 0.2) is 41.2 Å². The molecule has 1 aliphatic carbocycles. The van der Waals surface area contributed by atoms with Crippen molar-refractivity contribution >= 4 is 17.3 Å². The average molecular weight is 420 g/mol. The van der Waals surface area contributed by atoms with Gasteiger partial charge in [-0.3, -0.25) is 9.59 Å². The molecule has 0 fully saturated rings. The molecule has 1 heterocycles. The fourth-order valence-electron chi connectivity index (χ4n) is 3.33. The van der Waals surface area contributed by atoms with E-state index in [1.54, 1.807) is 6.92 Å². The summed E-state index contributed by atoms with van der Waals surface area (Å²) in [6, 6.07) is 4.97. The minimum absolute atomic E-state index is 0.000852. The number of nitrogens with one attached hydrogen (secondary N) is 1. The predicted molar refractivity (Wildman–Crippen MR) is 108 cm³/mol. The first-order valence-electron chi connectivity index (χ1n) is 9.63. The van der Waals surface area contributed by atoms with Crippen LogP contribution in [0.3, 0.4) is 0 Å². The Morgan fingerprint density at radius 3 is 2.67 bits per heavy atom. The van der Waals surface area contributed by atoms with E-state index in [-0.39, 0.29) is 22.5 Å². The number of nitrogen functional groups attached to an aromatic ring is 1. The number of hydrogen-bond donors (Lipinski definition) is 2. The highest BCUT2D eigenvalue weighted by Crippen LogP contribution is 2.32. The standard InChI is InChI=1S/C21H23F3N4O2/c1-12-3-5-17(6-4-12)28-19(29)8-7-18(27-28)20(30)26-13(2)14-9-15(21(22,23)24)11-16(25)10-14/h5,7-13H,3-4,6,25H2,1-2H3,(H,26,30)/t12?,13-/m1/s1. The number of nitrogens with two attached hydrogens (primary N) is 1. The molecule has 2 atom stereocenters. The van der Waals surface area contributed by atoms with Crippen LogP contribution < -0.4 is 16.6 Å². The van der Waals surface area contributed by atoms with Crippen LogP contribution >= 0.6 is 0 Å². The first-order valence-corrected chi connectivity index (χ1v) is 9.63. The van der Waals surface area contributed by atoms with Gasteiger partial charge in [0.1, 0.15) is 5.69 Å². The van der Waals surface area contributed by atoms with Gasteiger partial charge in [0.2, 0.25) is 0 Å². The topological polar surface area (TPSA) is 90.0 Å². The first-order chi connectivity index (χ1) is 14.0. The summed E-state index contributed by atoms with van der Waals surface area (Å²) in [5.74, 6) is -0.0753. The number of allylic oxidation sites excluding steroid dienone is 2. The Bertz CT molecular complexity index is 1040. The number of rotatable bonds is 4. The van der Waals surface area contributed by atoms with E-state index in [0.29, 0.717) is 12.3 Å². The lowest BCUT2D eigenvalue weighted by molar-refractivity contribution is -0.137. The largest absolute Gasteiger partial charge is 0.416 e. The van der Waals surface area contributed by atoms with Gasteiger partial charge in [0.15, 0.2) is 0 Å². The summed E-state index contributed by atoms with van der Waals surface area (Å²) in [6.07, 6.45) is -0.175. The SMILES string of the molecule is CC1CC=C(n2nc(C(=O)N[C@H](C)c3cc(N)cc(C(F)(F)F)c3)ccc2=O)CC1. The van der Waals surface area contributed by atoms with Crippen molar-refractivity contribution in [2.24, 2.45) is 5.92 Å². The Hall–Kier alpha value is -3.10. The normalized spacial score (nSPS) is 17.9. The molecule has 2 aromatic rings. The third kappa shape index (κ3) is 4.90. The summed E-state index contributed by atoms with van der Waals surface area (Å²) in [5, 5.41) is 6.78. The van der Waals surface area contributed by atoms with Gasteiger partial charge in [0, 0.05) is 17.5 Å². The first kappa shape index (κ1) is 21.6. The highest BCUT2D eigenvalue weighted by Gasteiger charge is 2.31. The third-order valence-electron chi connectivity index (χ3n) is 5.11. The van der Waals surface area contributed by atoms with Crippen LogP contribution in [0.1, 0.15) is 60.8 Å². The second kappa shape index (κ2) is 8.33. The monoisotopic (exact) mass is 420 g/mol. The van der Waals surface area contributed by atoms with Crippen LogP contribution in [-0.2, 0) is 6.18 Å². The van der Waals surface area contributed by atoms with Gasteiger partial charge in [-0.15, -0.1) is 0 Å². The highest BCUT2D eigenvalue weighted by atomic mass is 19.4. The van der Waals surface area contributed by atoms with Crippen molar-refractivity contribution in [2.45, 2.75) is 45.3 Å². The van der Waals surface area contributed by atoms with Gasteiger partial charge in [-0.25, -0.2) is 4.68 Å². The molecule has 1 aromatic carbocycles. The highest BCUT2D eigenvalue weighted by molar-refractivity contribution is 5.92. The van der Waals surface area contributed by atoms with Crippen LogP contribution in [0.25, 0.3) is 5.70 Å². The van der Waals surface area contributed by atoms with Crippen LogP contribution in [0.4, 0.5) is 18.9 Å². The summed E-state index contributed by atoms with van der Waals surface area (Å²) in [4.78, 5) is 24.8. The summed E-state index contributed by atoms with van der Waals surface area (Å²) < 4.78 is 40.3. The minimum Gasteiger partial charge on any atom is -0.399 e. The summed E-state index contributed by atoms with van der Waals surface area (Å²) in [7, 11) is 0. The van der Waals surface area contributed by atoms with Crippen molar-refractivity contribution in [3.8, 4) is 0 Å². The van der Waals surface area contributed by atoms with Gasteiger partial charge in [-0.05, 0) is 61.9 Å². The minimum atomic E-state index is -4.55. The zero-order valence-electron chi connectivity index (χ0n) is 16.7. The molecule has 6 nitrogen and oxygen atoms in total. The van der Waals surface area contributed by atoms with E-state index < -0.39 is 23.7 Å². The lowest BCUT2D eigenvalue weighted by Crippen LogP contribution is -2.31. The van der Waals surface area contributed by atoms with E-state index in [1.165, 1.54) is 22.9 Å². The summed E-state index contributed by atoms with van der Waals surface area (Å²) in [5.41, 5.74) is 5.28. The lowest BCUT2D eigenvalue weighted by atomic mass is 9.94. The predicted octanol–water partition coefficient (Wildman–Crippen LogP) is 4.00. The molecule has 9 heteroatoms. The zero-order valence-corrected chi connectivity index (χ0v) is 16.7. The molecule has 0 saturated heterocycles. The van der Waals surface area contributed by atoms with Gasteiger partial charge in [-0.2, -0.15) is 18.3 Å². The Morgan fingerprint density at radius 1 is 1.30 bits per heavy atom.